The van der Waals surface area contributed by atoms with Crippen molar-refractivity contribution in [1.82, 2.24) is 9.97 Å². The van der Waals surface area contributed by atoms with Gasteiger partial charge in [-0.3, -0.25) is 15.1 Å². The molecule has 0 aliphatic rings. The largest absolute Gasteiger partial charge is 0.342 e. The lowest BCUT2D eigenvalue weighted by atomic mass is 10.2. The van der Waals surface area contributed by atoms with E-state index in [0.717, 1.165) is 34.5 Å². The standard InChI is InChI=1S/C16H14N4O2/c1-2-16-18-14-8-5-12(9-15(14)19-16)17-10-11-3-6-13(7-4-11)20(21)22/h3-10H,2H2,1H3,(H,18,19). The van der Waals surface area contributed by atoms with Gasteiger partial charge in [0.15, 0.2) is 0 Å². The van der Waals surface area contributed by atoms with Crippen molar-refractivity contribution in [1.29, 1.82) is 0 Å². The highest BCUT2D eigenvalue weighted by Crippen LogP contribution is 2.20. The van der Waals surface area contributed by atoms with Gasteiger partial charge in [-0.1, -0.05) is 6.92 Å². The number of aromatic nitrogens is 2. The molecule has 0 saturated heterocycles. The molecule has 1 heterocycles. The molecule has 0 radical (unpaired) electrons. The van der Waals surface area contributed by atoms with Gasteiger partial charge in [-0.25, -0.2) is 4.98 Å². The van der Waals surface area contributed by atoms with Crippen molar-refractivity contribution in [2.75, 3.05) is 0 Å². The third-order valence-electron chi connectivity index (χ3n) is 3.32. The predicted octanol–water partition coefficient (Wildman–Crippen LogP) is 3.78. The van der Waals surface area contributed by atoms with Crippen LogP contribution < -0.4 is 0 Å². The van der Waals surface area contributed by atoms with Crippen LogP contribution in [0.2, 0.25) is 0 Å². The molecule has 0 unspecified atom stereocenters. The number of aryl methyl sites for hydroxylation is 1. The number of nitro benzene ring substituents is 1. The van der Waals surface area contributed by atoms with Gasteiger partial charge in [-0.15, -0.1) is 0 Å². The highest BCUT2D eigenvalue weighted by Gasteiger charge is 2.03. The average molecular weight is 294 g/mol. The van der Waals surface area contributed by atoms with Crippen molar-refractivity contribution in [3.63, 3.8) is 0 Å². The second kappa shape index (κ2) is 5.77. The number of hydrogen-bond acceptors (Lipinski definition) is 4. The summed E-state index contributed by atoms with van der Waals surface area (Å²) in [6, 6.07) is 12.0. The summed E-state index contributed by atoms with van der Waals surface area (Å²) in [5.41, 5.74) is 3.56. The van der Waals surface area contributed by atoms with Gasteiger partial charge in [-0.2, -0.15) is 0 Å². The van der Waals surface area contributed by atoms with E-state index in [9.17, 15) is 10.1 Å². The van der Waals surface area contributed by atoms with Gasteiger partial charge < -0.3 is 4.98 Å². The molecule has 1 N–H and O–H groups in total. The van der Waals surface area contributed by atoms with E-state index in [0.29, 0.717) is 0 Å². The number of nitrogens with one attached hydrogen (secondary N) is 1. The summed E-state index contributed by atoms with van der Waals surface area (Å²) in [6.07, 6.45) is 2.54. The lowest BCUT2D eigenvalue weighted by Gasteiger charge is -1.95. The molecule has 3 aromatic rings. The molecule has 0 aliphatic carbocycles. The topological polar surface area (TPSA) is 84.2 Å². The Hall–Kier alpha value is -3.02. The summed E-state index contributed by atoms with van der Waals surface area (Å²) < 4.78 is 0. The Kier molecular flexibility index (Phi) is 3.65. The molecule has 2 aromatic carbocycles. The van der Waals surface area contributed by atoms with Crippen molar-refractivity contribution in [3.05, 3.63) is 64.0 Å². The van der Waals surface area contributed by atoms with Crippen molar-refractivity contribution < 1.29 is 4.92 Å². The van der Waals surface area contributed by atoms with E-state index in [1.807, 2.05) is 25.1 Å². The first-order valence-electron chi connectivity index (χ1n) is 6.93. The van der Waals surface area contributed by atoms with E-state index in [-0.39, 0.29) is 5.69 Å². The molecule has 110 valence electrons. The van der Waals surface area contributed by atoms with Crippen LogP contribution in [0.15, 0.2) is 47.5 Å². The van der Waals surface area contributed by atoms with Gasteiger partial charge in [0.25, 0.3) is 5.69 Å². The summed E-state index contributed by atoms with van der Waals surface area (Å²) in [7, 11) is 0. The first-order valence-corrected chi connectivity index (χ1v) is 6.93. The molecular weight excluding hydrogens is 280 g/mol. The fourth-order valence-electron chi connectivity index (χ4n) is 2.13. The minimum Gasteiger partial charge on any atom is -0.342 e. The molecule has 0 spiro atoms. The van der Waals surface area contributed by atoms with Crippen LogP contribution in [0.25, 0.3) is 11.0 Å². The Morgan fingerprint density at radius 2 is 2.05 bits per heavy atom. The molecule has 0 fully saturated rings. The van der Waals surface area contributed by atoms with Crippen LogP contribution in [0.3, 0.4) is 0 Å². The number of H-pyrrole nitrogens is 1. The summed E-state index contributed by atoms with van der Waals surface area (Å²) in [5, 5.41) is 10.6. The molecule has 22 heavy (non-hydrogen) atoms. The summed E-state index contributed by atoms with van der Waals surface area (Å²) in [5.74, 6) is 0.950. The average Bonchev–Trinajstić information content (AvgIpc) is 2.95. The number of nitrogens with zero attached hydrogens (tertiary/aromatic N) is 3. The van der Waals surface area contributed by atoms with Crippen LogP contribution in [0.4, 0.5) is 11.4 Å². The van der Waals surface area contributed by atoms with Gasteiger partial charge >= 0.3 is 0 Å². The van der Waals surface area contributed by atoms with Gasteiger partial charge in [0.2, 0.25) is 0 Å². The Morgan fingerprint density at radius 1 is 1.27 bits per heavy atom. The van der Waals surface area contributed by atoms with Crippen LogP contribution >= 0.6 is 0 Å². The lowest BCUT2D eigenvalue weighted by Crippen LogP contribution is -1.88. The highest BCUT2D eigenvalue weighted by atomic mass is 16.6. The summed E-state index contributed by atoms with van der Waals surface area (Å²) in [6.45, 7) is 2.05. The second-order valence-corrected chi connectivity index (χ2v) is 4.85. The molecular formula is C16H14N4O2. The van der Waals surface area contributed by atoms with Crippen LogP contribution in [0.5, 0.6) is 0 Å². The second-order valence-electron chi connectivity index (χ2n) is 4.85. The number of nitro groups is 1. The maximum Gasteiger partial charge on any atom is 0.269 e. The van der Waals surface area contributed by atoms with E-state index in [1.165, 1.54) is 12.1 Å². The molecule has 0 atom stereocenters. The number of rotatable bonds is 4. The molecule has 0 aliphatic heterocycles. The minimum absolute atomic E-state index is 0.0723. The van der Waals surface area contributed by atoms with Crippen LogP contribution in [-0.4, -0.2) is 21.1 Å². The molecule has 1 aromatic heterocycles. The molecule has 0 bridgehead atoms. The molecule has 6 heteroatoms. The maximum atomic E-state index is 10.6. The number of imidazole rings is 1. The van der Waals surface area contributed by atoms with Crippen molar-refractivity contribution >= 4 is 28.6 Å². The molecule has 3 rings (SSSR count). The van der Waals surface area contributed by atoms with Gasteiger partial charge in [-0.05, 0) is 35.9 Å². The fraction of sp³-hybridized carbons (Fsp3) is 0.125. The lowest BCUT2D eigenvalue weighted by molar-refractivity contribution is -0.384. The highest BCUT2D eigenvalue weighted by molar-refractivity contribution is 5.84. The van der Waals surface area contributed by atoms with Crippen LogP contribution in [0, 0.1) is 10.1 Å². The third kappa shape index (κ3) is 2.85. The number of aliphatic imine (C=N–C) groups is 1. The number of aromatic amines is 1. The Labute approximate surface area is 126 Å². The number of non-ortho nitro benzene ring substituents is 1. The van der Waals surface area contributed by atoms with Crippen molar-refractivity contribution in [2.45, 2.75) is 13.3 Å². The zero-order valence-electron chi connectivity index (χ0n) is 12.0. The first kappa shape index (κ1) is 13.9. The number of hydrogen-bond donors (Lipinski definition) is 1. The maximum absolute atomic E-state index is 10.6. The smallest absolute Gasteiger partial charge is 0.269 e. The number of benzene rings is 2. The number of fused-ring (bicyclic) bond motifs is 1. The van der Waals surface area contributed by atoms with Gasteiger partial charge in [0.05, 0.1) is 21.6 Å². The van der Waals surface area contributed by atoms with Crippen molar-refractivity contribution in [3.8, 4) is 0 Å². The quantitative estimate of drug-likeness (QED) is 0.451. The molecule has 6 nitrogen and oxygen atoms in total. The third-order valence-corrected chi connectivity index (χ3v) is 3.32. The Balaban J connectivity index is 1.83. The van der Waals surface area contributed by atoms with Crippen LogP contribution in [0.1, 0.15) is 18.3 Å². The van der Waals surface area contributed by atoms with Crippen LogP contribution in [-0.2, 0) is 6.42 Å². The molecule has 0 saturated carbocycles. The fourth-order valence-corrected chi connectivity index (χ4v) is 2.13. The van der Waals surface area contributed by atoms with Gasteiger partial charge in [0.1, 0.15) is 5.82 Å². The Bertz CT molecular complexity index is 850. The Morgan fingerprint density at radius 3 is 2.73 bits per heavy atom. The monoisotopic (exact) mass is 294 g/mol. The van der Waals surface area contributed by atoms with E-state index >= 15 is 0 Å². The van der Waals surface area contributed by atoms with Gasteiger partial charge in [0, 0.05) is 24.8 Å². The SMILES string of the molecule is CCc1nc2ccc(N=Cc3ccc([N+](=O)[O-])cc3)cc2[nH]1. The zero-order chi connectivity index (χ0) is 15.5. The zero-order valence-corrected chi connectivity index (χ0v) is 12.0. The predicted molar refractivity (Wildman–Crippen MR) is 85.8 cm³/mol. The minimum atomic E-state index is -0.418. The summed E-state index contributed by atoms with van der Waals surface area (Å²) in [4.78, 5) is 22.3. The first-order chi connectivity index (χ1) is 10.7. The summed E-state index contributed by atoms with van der Waals surface area (Å²) >= 11 is 0. The van der Waals surface area contributed by atoms with E-state index in [1.54, 1.807) is 18.3 Å². The normalized spacial score (nSPS) is 11.3. The van der Waals surface area contributed by atoms with Crippen molar-refractivity contribution in [2.24, 2.45) is 4.99 Å². The van der Waals surface area contributed by atoms with E-state index in [2.05, 4.69) is 15.0 Å². The van der Waals surface area contributed by atoms with E-state index in [4.69, 9.17) is 0 Å². The van der Waals surface area contributed by atoms with E-state index < -0.39 is 4.92 Å². The molecule has 0 amide bonds.